The van der Waals surface area contributed by atoms with E-state index in [4.69, 9.17) is 9.47 Å². The van der Waals surface area contributed by atoms with Gasteiger partial charge in [0.1, 0.15) is 5.75 Å². The molecule has 0 aliphatic carbocycles. The molecule has 0 aromatic heterocycles. The number of anilines is 3. The second-order valence-electron chi connectivity index (χ2n) is 13.5. The summed E-state index contributed by atoms with van der Waals surface area (Å²) >= 11 is 0. The van der Waals surface area contributed by atoms with Gasteiger partial charge < -0.3 is 29.3 Å². The third-order valence-electron chi connectivity index (χ3n) is 10.8. The highest BCUT2D eigenvalue weighted by atomic mass is 28.3. The van der Waals surface area contributed by atoms with Crippen molar-refractivity contribution in [2.75, 3.05) is 41.5 Å². The number of amides is 3. The smallest absolute Gasteiger partial charge is 0.264 e. The van der Waals surface area contributed by atoms with Crippen LogP contribution in [0, 0.1) is 5.92 Å². The van der Waals surface area contributed by atoms with Crippen molar-refractivity contribution in [2.24, 2.45) is 5.92 Å². The van der Waals surface area contributed by atoms with Crippen molar-refractivity contribution in [3.63, 3.8) is 0 Å². The van der Waals surface area contributed by atoms with Gasteiger partial charge in [-0.25, -0.2) is 0 Å². The molecule has 1 spiro atoms. The summed E-state index contributed by atoms with van der Waals surface area (Å²) in [6, 6.07) is 21.9. The maximum atomic E-state index is 15.0. The lowest BCUT2D eigenvalue weighted by atomic mass is 9.82. The Balaban J connectivity index is 1.29. The SMILES string of the molecule is COc1ccc([Si](C)(C)[C@H]2[C@H](CCO)O[C@@]3(C(=O)N(Cc4ccc(N5CCC5=O)cc4)c4ccc(N5CCC5=O)cc43)[C@@H]2C)cc1. The zero-order valence-electron chi connectivity index (χ0n) is 26.9. The second-order valence-corrected chi connectivity index (χ2v) is 18.2. The van der Waals surface area contributed by atoms with Crippen molar-refractivity contribution in [1.82, 2.24) is 0 Å². The first-order valence-corrected chi connectivity index (χ1v) is 19.3. The Morgan fingerprint density at radius 3 is 2.11 bits per heavy atom. The third kappa shape index (κ3) is 4.60. The van der Waals surface area contributed by atoms with E-state index in [1.807, 2.05) is 59.5 Å². The van der Waals surface area contributed by atoms with E-state index in [-0.39, 0.29) is 41.9 Å². The molecule has 3 aromatic carbocycles. The summed E-state index contributed by atoms with van der Waals surface area (Å²) in [5.74, 6) is 0.664. The van der Waals surface area contributed by atoms with Crippen LogP contribution in [-0.2, 0) is 31.3 Å². The van der Waals surface area contributed by atoms with Crippen LogP contribution in [0.5, 0.6) is 5.75 Å². The number of aliphatic hydroxyl groups excluding tert-OH is 1. The van der Waals surface area contributed by atoms with Crippen LogP contribution in [0.4, 0.5) is 17.1 Å². The Morgan fingerprint density at radius 2 is 1.54 bits per heavy atom. The summed E-state index contributed by atoms with van der Waals surface area (Å²) in [5.41, 5.74) is 2.91. The van der Waals surface area contributed by atoms with Gasteiger partial charge in [-0.15, -0.1) is 0 Å². The van der Waals surface area contributed by atoms with Gasteiger partial charge in [0.15, 0.2) is 5.60 Å². The minimum absolute atomic E-state index is 0.0208. The zero-order valence-corrected chi connectivity index (χ0v) is 27.9. The fourth-order valence-electron chi connectivity index (χ4n) is 8.16. The minimum Gasteiger partial charge on any atom is -0.497 e. The number of carbonyl (C=O) groups is 3. The van der Waals surface area contributed by atoms with Gasteiger partial charge in [0.25, 0.3) is 5.91 Å². The molecule has 4 atom stereocenters. The van der Waals surface area contributed by atoms with E-state index in [2.05, 4.69) is 32.2 Å². The molecule has 7 rings (SSSR count). The molecule has 4 aliphatic rings. The first kappa shape index (κ1) is 30.6. The molecule has 0 bridgehead atoms. The highest BCUT2D eigenvalue weighted by Crippen LogP contribution is 2.60. The maximum Gasteiger partial charge on any atom is 0.264 e. The van der Waals surface area contributed by atoms with Gasteiger partial charge in [0, 0.05) is 55.4 Å². The Labute approximate surface area is 270 Å². The molecule has 3 amide bonds. The van der Waals surface area contributed by atoms with Crippen LogP contribution in [0.1, 0.15) is 37.3 Å². The number of β-lactam (4-membered cyclic amide) rings is 2. The number of benzene rings is 3. The summed E-state index contributed by atoms with van der Waals surface area (Å²) in [7, 11) is -0.651. The molecular weight excluding hydrogens is 598 g/mol. The van der Waals surface area contributed by atoms with Crippen molar-refractivity contribution in [1.29, 1.82) is 0 Å². The molecule has 3 aromatic rings. The first-order chi connectivity index (χ1) is 22.1. The Bertz CT molecular complexity index is 1690. The fraction of sp³-hybridized carbons (Fsp3) is 0.417. The predicted octanol–water partition coefficient (Wildman–Crippen LogP) is 4.31. The van der Waals surface area contributed by atoms with Crippen LogP contribution in [0.3, 0.4) is 0 Å². The van der Waals surface area contributed by atoms with E-state index in [1.54, 1.807) is 16.9 Å². The predicted molar refractivity (Wildman–Crippen MR) is 179 cm³/mol. The average molecular weight is 640 g/mol. The van der Waals surface area contributed by atoms with E-state index < -0.39 is 13.7 Å². The fourth-order valence-corrected chi connectivity index (χ4v) is 12.2. The van der Waals surface area contributed by atoms with Crippen LogP contribution >= 0.6 is 0 Å². The van der Waals surface area contributed by atoms with Crippen molar-refractivity contribution in [3.05, 3.63) is 77.9 Å². The topological polar surface area (TPSA) is 99.6 Å². The molecule has 0 unspecified atom stereocenters. The Kier molecular flexibility index (Phi) is 7.57. The number of aliphatic hydroxyl groups is 1. The van der Waals surface area contributed by atoms with E-state index in [0.717, 1.165) is 40.5 Å². The van der Waals surface area contributed by atoms with Crippen LogP contribution in [0.2, 0.25) is 18.6 Å². The summed E-state index contributed by atoms with van der Waals surface area (Å²) < 4.78 is 12.5. The summed E-state index contributed by atoms with van der Waals surface area (Å²) in [6.45, 7) is 8.44. The number of ether oxygens (including phenoxy) is 2. The highest BCUT2D eigenvalue weighted by molar-refractivity contribution is 6.91. The van der Waals surface area contributed by atoms with E-state index >= 15 is 0 Å². The molecular formula is C36H41N3O6Si. The number of hydrogen-bond donors (Lipinski definition) is 1. The molecule has 4 heterocycles. The lowest BCUT2D eigenvalue weighted by Crippen LogP contribution is -2.51. The van der Waals surface area contributed by atoms with Crippen LogP contribution < -0.4 is 24.6 Å². The van der Waals surface area contributed by atoms with Gasteiger partial charge in [0.2, 0.25) is 11.8 Å². The van der Waals surface area contributed by atoms with Crippen molar-refractivity contribution < 1.29 is 29.0 Å². The molecule has 3 saturated heterocycles. The van der Waals surface area contributed by atoms with Gasteiger partial charge in [0.05, 0.1) is 33.5 Å². The van der Waals surface area contributed by atoms with Gasteiger partial charge in [-0.05, 0) is 60.0 Å². The molecule has 240 valence electrons. The molecule has 4 aliphatic heterocycles. The quantitative estimate of drug-likeness (QED) is 0.277. The van der Waals surface area contributed by atoms with E-state index in [1.165, 1.54) is 5.19 Å². The molecule has 1 N–H and O–H groups in total. The van der Waals surface area contributed by atoms with E-state index in [0.29, 0.717) is 32.4 Å². The molecule has 0 saturated carbocycles. The molecule has 9 nitrogen and oxygen atoms in total. The Hall–Kier alpha value is -3.99. The van der Waals surface area contributed by atoms with Crippen LogP contribution in [0.15, 0.2) is 66.7 Å². The van der Waals surface area contributed by atoms with Crippen LogP contribution in [-0.4, -0.2) is 63.8 Å². The van der Waals surface area contributed by atoms with Crippen molar-refractivity contribution in [2.45, 2.75) is 63.1 Å². The number of fused-ring (bicyclic) bond motifs is 2. The monoisotopic (exact) mass is 639 g/mol. The molecule has 3 fully saturated rings. The zero-order chi connectivity index (χ0) is 32.4. The lowest BCUT2D eigenvalue weighted by Gasteiger charge is -2.37. The molecule has 0 radical (unpaired) electrons. The number of rotatable bonds is 9. The average Bonchev–Trinajstić information content (AvgIpc) is 3.47. The summed E-state index contributed by atoms with van der Waals surface area (Å²) in [4.78, 5) is 44.7. The lowest BCUT2D eigenvalue weighted by molar-refractivity contribution is -0.146. The van der Waals surface area contributed by atoms with Gasteiger partial charge >= 0.3 is 0 Å². The maximum absolute atomic E-state index is 15.0. The van der Waals surface area contributed by atoms with Crippen molar-refractivity contribution >= 4 is 48.0 Å². The number of carbonyl (C=O) groups excluding carboxylic acids is 3. The summed E-state index contributed by atoms with van der Waals surface area (Å²) in [6.07, 6.45) is 1.18. The van der Waals surface area contributed by atoms with Crippen molar-refractivity contribution in [3.8, 4) is 5.75 Å². The Morgan fingerprint density at radius 1 is 0.913 bits per heavy atom. The second kappa shape index (κ2) is 11.4. The van der Waals surface area contributed by atoms with Gasteiger partial charge in [-0.2, -0.15) is 0 Å². The third-order valence-corrected chi connectivity index (χ3v) is 15.2. The number of hydrogen-bond acceptors (Lipinski definition) is 6. The van der Waals surface area contributed by atoms with Gasteiger partial charge in [-0.3, -0.25) is 14.4 Å². The largest absolute Gasteiger partial charge is 0.497 e. The number of nitrogens with zero attached hydrogens (tertiary/aromatic N) is 3. The minimum atomic E-state index is -2.31. The normalized spacial score (nSPS) is 25.6. The van der Waals surface area contributed by atoms with E-state index in [9.17, 15) is 19.5 Å². The molecule has 46 heavy (non-hydrogen) atoms. The number of methoxy groups -OCH3 is 1. The molecule has 10 heteroatoms. The first-order valence-electron chi connectivity index (χ1n) is 16.2. The standard InChI is InChI=1S/C36H41N3O6Si/c1-23-34(46(3,4)28-12-10-27(44-2)11-13-28)31(17-20-40)45-36(23)29-21-26(38-19-16-33(38)42)9-14-30(29)39(35(36)43)22-24-5-7-25(8-6-24)37-18-15-32(37)41/h5-14,21,23,31,34,40H,15-20,22H2,1-4H3/t23-,31+,34-,36+/m1/s1. The highest BCUT2D eigenvalue weighted by Gasteiger charge is 2.66. The summed E-state index contributed by atoms with van der Waals surface area (Å²) in [5, 5.41) is 11.4. The van der Waals surface area contributed by atoms with Gasteiger partial charge in [-0.1, -0.05) is 49.5 Å². The van der Waals surface area contributed by atoms with Crippen LogP contribution in [0.25, 0.3) is 0 Å².